The van der Waals surface area contributed by atoms with Gasteiger partial charge in [-0.2, -0.15) is 0 Å². The van der Waals surface area contributed by atoms with E-state index < -0.39 is 12.1 Å². The zero-order valence-electron chi connectivity index (χ0n) is 9.97. The quantitative estimate of drug-likeness (QED) is 0.619. The first-order chi connectivity index (χ1) is 7.42. The van der Waals surface area contributed by atoms with Gasteiger partial charge in [-0.3, -0.25) is 9.59 Å². The highest BCUT2D eigenvalue weighted by Gasteiger charge is 2.25. The summed E-state index contributed by atoms with van der Waals surface area (Å²) in [5.74, 6) is -1.22. The van der Waals surface area contributed by atoms with E-state index in [1.54, 1.807) is 0 Å². The highest BCUT2D eigenvalue weighted by atomic mass is 16.5. The molecular weight excluding hydrogens is 212 g/mol. The Bertz CT molecular complexity index is 239. The summed E-state index contributed by atoms with van der Waals surface area (Å²) in [6, 6.07) is 0. The van der Waals surface area contributed by atoms with Crippen molar-refractivity contribution in [3.63, 3.8) is 0 Å². The van der Waals surface area contributed by atoms with Crippen LogP contribution in [0.1, 0.15) is 13.8 Å². The van der Waals surface area contributed by atoms with Gasteiger partial charge in [0.05, 0.1) is 0 Å². The normalized spacial score (nSPS) is 12.6. The summed E-state index contributed by atoms with van der Waals surface area (Å²) in [7, 11) is 1.38. The number of carbonyl (C=O) groups is 2. The fraction of sp³-hybridized carbons (Fsp3) is 0.800. The molecule has 1 amide bonds. The van der Waals surface area contributed by atoms with E-state index >= 15 is 0 Å². The molecule has 0 spiro atoms. The van der Waals surface area contributed by atoms with Crippen molar-refractivity contribution in [2.45, 2.75) is 20.0 Å². The Morgan fingerprint density at radius 1 is 1.44 bits per heavy atom. The first-order valence-corrected chi connectivity index (χ1v) is 5.15. The average molecular weight is 232 g/mol. The van der Waals surface area contributed by atoms with Gasteiger partial charge >= 0.3 is 5.97 Å². The van der Waals surface area contributed by atoms with Gasteiger partial charge in [0.25, 0.3) is 5.91 Å². The standard InChI is InChI=1S/C10H20N2O4/c1-7(2)5-12(6-9(13)14)10(15)8(4-11)16-3/h7-8H,4-6,11H2,1-3H3,(H,13,14). The third-order valence-corrected chi connectivity index (χ3v) is 2.00. The number of carbonyl (C=O) groups excluding carboxylic acids is 1. The molecule has 0 aromatic heterocycles. The molecule has 0 aromatic rings. The number of nitrogens with two attached hydrogens (primary N) is 1. The molecule has 0 fully saturated rings. The number of carboxylic acid groups (broad SMARTS) is 1. The monoisotopic (exact) mass is 232 g/mol. The van der Waals surface area contributed by atoms with E-state index in [2.05, 4.69) is 0 Å². The predicted molar refractivity (Wildman–Crippen MR) is 58.9 cm³/mol. The lowest BCUT2D eigenvalue weighted by Gasteiger charge is -2.26. The van der Waals surface area contributed by atoms with Gasteiger partial charge < -0.3 is 20.5 Å². The van der Waals surface area contributed by atoms with Crippen LogP contribution >= 0.6 is 0 Å². The van der Waals surface area contributed by atoms with Gasteiger partial charge in [-0.25, -0.2) is 0 Å². The minimum Gasteiger partial charge on any atom is -0.480 e. The van der Waals surface area contributed by atoms with Crippen LogP contribution in [0.4, 0.5) is 0 Å². The zero-order chi connectivity index (χ0) is 12.7. The van der Waals surface area contributed by atoms with E-state index in [4.69, 9.17) is 15.6 Å². The van der Waals surface area contributed by atoms with Crippen LogP contribution in [0, 0.1) is 5.92 Å². The minimum absolute atomic E-state index is 0.0452. The van der Waals surface area contributed by atoms with Crippen molar-refractivity contribution in [1.82, 2.24) is 4.90 Å². The first kappa shape index (κ1) is 14.9. The second-order valence-electron chi connectivity index (χ2n) is 3.97. The van der Waals surface area contributed by atoms with Crippen molar-refractivity contribution in [1.29, 1.82) is 0 Å². The van der Waals surface area contributed by atoms with Crippen LogP contribution < -0.4 is 5.73 Å². The number of rotatable bonds is 7. The molecule has 16 heavy (non-hydrogen) atoms. The van der Waals surface area contributed by atoms with Crippen molar-refractivity contribution in [3.8, 4) is 0 Å². The second-order valence-corrected chi connectivity index (χ2v) is 3.97. The molecule has 6 heteroatoms. The molecule has 0 aliphatic carbocycles. The number of hydrogen-bond donors (Lipinski definition) is 2. The van der Waals surface area contributed by atoms with E-state index in [1.807, 2.05) is 13.8 Å². The number of carboxylic acids is 1. The molecule has 6 nitrogen and oxygen atoms in total. The molecule has 0 saturated carbocycles. The molecule has 0 rings (SSSR count). The number of methoxy groups -OCH3 is 1. The molecule has 1 atom stereocenters. The van der Waals surface area contributed by atoms with Gasteiger partial charge in [-0.1, -0.05) is 13.8 Å². The van der Waals surface area contributed by atoms with Crippen molar-refractivity contribution in [3.05, 3.63) is 0 Å². The van der Waals surface area contributed by atoms with Gasteiger partial charge in [0.1, 0.15) is 12.6 Å². The summed E-state index contributed by atoms with van der Waals surface area (Å²) in [5, 5.41) is 8.71. The lowest BCUT2D eigenvalue weighted by Crippen LogP contribution is -2.47. The summed E-state index contributed by atoms with van der Waals surface area (Å²) in [4.78, 5) is 23.7. The molecule has 0 aliphatic heterocycles. The van der Waals surface area contributed by atoms with Crippen molar-refractivity contribution < 1.29 is 19.4 Å². The van der Waals surface area contributed by atoms with E-state index in [0.717, 1.165) is 0 Å². The third-order valence-electron chi connectivity index (χ3n) is 2.00. The average Bonchev–Trinajstić information content (AvgIpc) is 2.17. The molecule has 0 aromatic carbocycles. The molecule has 0 bridgehead atoms. The Labute approximate surface area is 95.4 Å². The summed E-state index contributed by atoms with van der Waals surface area (Å²) < 4.78 is 4.90. The highest BCUT2D eigenvalue weighted by molar-refractivity contribution is 5.84. The van der Waals surface area contributed by atoms with Crippen molar-refractivity contribution in [2.75, 3.05) is 26.7 Å². The maximum absolute atomic E-state index is 11.8. The topological polar surface area (TPSA) is 92.9 Å². The molecule has 0 saturated heterocycles. The predicted octanol–water partition coefficient (Wildman–Crippen LogP) is -0.471. The van der Waals surface area contributed by atoms with Gasteiger partial charge in [0.15, 0.2) is 0 Å². The van der Waals surface area contributed by atoms with Gasteiger partial charge in [0, 0.05) is 20.2 Å². The molecular formula is C10H20N2O4. The van der Waals surface area contributed by atoms with Crippen LogP contribution in [0.15, 0.2) is 0 Å². The van der Waals surface area contributed by atoms with Crippen molar-refractivity contribution in [2.24, 2.45) is 11.7 Å². The van der Waals surface area contributed by atoms with E-state index in [9.17, 15) is 9.59 Å². The number of hydrogen-bond acceptors (Lipinski definition) is 4. The number of aliphatic carboxylic acids is 1. The Balaban J connectivity index is 4.59. The number of ether oxygens (including phenoxy) is 1. The molecule has 0 heterocycles. The summed E-state index contributed by atoms with van der Waals surface area (Å²) in [5.41, 5.74) is 5.36. The molecule has 0 aliphatic rings. The minimum atomic E-state index is -1.04. The molecule has 0 radical (unpaired) electrons. The van der Waals surface area contributed by atoms with E-state index in [1.165, 1.54) is 12.0 Å². The fourth-order valence-electron chi connectivity index (χ4n) is 1.34. The number of nitrogens with zero attached hydrogens (tertiary/aromatic N) is 1. The summed E-state index contributed by atoms with van der Waals surface area (Å²) >= 11 is 0. The zero-order valence-corrected chi connectivity index (χ0v) is 9.97. The first-order valence-electron chi connectivity index (χ1n) is 5.15. The van der Waals surface area contributed by atoms with Gasteiger partial charge in [-0.15, -0.1) is 0 Å². The van der Waals surface area contributed by atoms with Crippen molar-refractivity contribution >= 4 is 11.9 Å². The highest BCUT2D eigenvalue weighted by Crippen LogP contribution is 2.03. The molecule has 3 N–H and O–H groups in total. The Morgan fingerprint density at radius 3 is 2.31 bits per heavy atom. The lowest BCUT2D eigenvalue weighted by molar-refractivity contribution is -0.149. The molecule has 94 valence electrons. The Kier molecular flexibility index (Phi) is 6.67. The van der Waals surface area contributed by atoms with Crippen LogP contribution in [0.5, 0.6) is 0 Å². The third kappa shape index (κ3) is 5.09. The Hall–Kier alpha value is -1.14. The van der Waals surface area contributed by atoms with Gasteiger partial charge in [-0.05, 0) is 5.92 Å². The fourth-order valence-corrected chi connectivity index (χ4v) is 1.34. The van der Waals surface area contributed by atoms with Crippen LogP contribution in [0.3, 0.4) is 0 Å². The van der Waals surface area contributed by atoms with E-state index in [0.29, 0.717) is 6.54 Å². The van der Waals surface area contributed by atoms with Crippen LogP contribution in [0.2, 0.25) is 0 Å². The smallest absolute Gasteiger partial charge is 0.323 e. The summed E-state index contributed by atoms with van der Waals surface area (Å²) in [6.07, 6.45) is -0.766. The second kappa shape index (κ2) is 7.19. The van der Waals surface area contributed by atoms with Crippen LogP contribution in [-0.4, -0.2) is 54.7 Å². The van der Waals surface area contributed by atoms with Gasteiger partial charge in [0.2, 0.25) is 0 Å². The SMILES string of the molecule is COC(CN)C(=O)N(CC(=O)O)CC(C)C. The number of amides is 1. The lowest BCUT2D eigenvalue weighted by atomic mass is 10.2. The molecule has 1 unspecified atom stereocenters. The van der Waals surface area contributed by atoms with E-state index in [-0.39, 0.29) is 24.9 Å². The maximum Gasteiger partial charge on any atom is 0.323 e. The Morgan fingerprint density at radius 2 is 2.00 bits per heavy atom. The maximum atomic E-state index is 11.8. The largest absolute Gasteiger partial charge is 0.480 e. The summed E-state index contributed by atoms with van der Waals surface area (Å²) in [6.45, 7) is 3.92. The van der Waals surface area contributed by atoms with Crippen LogP contribution in [0.25, 0.3) is 0 Å². The van der Waals surface area contributed by atoms with Crippen LogP contribution in [-0.2, 0) is 14.3 Å².